The minimum atomic E-state index is -0.153. The van der Waals surface area contributed by atoms with Crippen molar-refractivity contribution >= 4 is 23.0 Å². The summed E-state index contributed by atoms with van der Waals surface area (Å²) in [6.45, 7) is 1.38. The van der Waals surface area contributed by atoms with Crippen LogP contribution in [0.1, 0.15) is 12.8 Å². The Bertz CT molecular complexity index is 905. The lowest BCUT2D eigenvalue weighted by Gasteiger charge is -2.23. The number of nitrogens with one attached hydrogen (secondary N) is 1. The summed E-state index contributed by atoms with van der Waals surface area (Å²) >= 11 is 0. The lowest BCUT2D eigenvalue weighted by Crippen LogP contribution is -2.41. The first-order chi connectivity index (χ1) is 13.7. The molecule has 3 aromatic rings. The fourth-order valence-corrected chi connectivity index (χ4v) is 3.39. The second-order valence-corrected chi connectivity index (χ2v) is 6.72. The highest BCUT2D eigenvalue weighted by atomic mass is 16.5. The monoisotopic (exact) mass is 381 g/mol. The highest BCUT2D eigenvalue weighted by Gasteiger charge is 2.28. The molecule has 1 fully saturated rings. The van der Waals surface area contributed by atoms with Gasteiger partial charge in [-0.2, -0.15) is 4.98 Å². The second kappa shape index (κ2) is 8.21. The van der Waals surface area contributed by atoms with E-state index in [4.69, 9.17) is 13.9 Å². The molecule has 1 aromatic heterocycles. The number of amides is 1. The number of para-hydroxylation sites is 2. The van der Waals surface area contributed by atoms with Crippen molar-refractivity contribution < 1.29 is 18.7 Å². The highest BCUT2D eigenvalue weighted by Crippen LogP contribution is 2.28. The Balaban J connectivity index is 1.30. The van der Waals surface area contributed by atoms with Gasteiger partial charge in [0.1, 0.15) is 17.0 Å². The number of ether oxygens (including phenoxy) is 2. The Morgan fingerprint density at radius 2 is 2.00 bits per heavy atom. The third kappa shape index (κ3) is 4.03. The summed E-state index contributed by atoms with van der Waals surface area (Å²) in [5, 5.41) is 2.95. The molecule has 7 nitrogen and oxygen atoms in total. The van der Waals surface area contributed by atoms with Crippen LogP contribution in [0.5, 0.6) is 11.5 Å². The van der Waals surface area contributed by atoms with Crippen LogP contribution in [0, 0.1) is 0 Å². The molecule has 4 rings (SSSR count). The fourth-order valence-electron chi connectivity index (χ4n) is 3.39. The van der Waals surface area contributed by atoms with E-state index in [1.54, 1.807) is 31.4 Å². The Hall–Kier alpha value is -3.22. The molecule has 7 heteroatoms. The molecule has 1 aliphatic heterocycles. The van der Waals surface area contributed by atoms with E-state index in [0.717, 1.165) is 36.2 Å². The molecular weight excluding hydrogens is 358 g/mol. The summed E-state index contributed by atoms with van der Waals surface area (Å²) in [6, 6.07) is 15.6. The number of aromatic nitrogens is 1. The average Bonchev–Trinajstić information content (AvgIpc) is 3.37. The molecule has 0 saturated carbocycles. The number of methoxy groups -OCH3 is 1. The van der Waals surface area contributed by atoms with Crippen LogP contribution in [-0.2, 0) is 4.79 Å². The van der Waals surface area contributed by atoms with E-state index in [9.17, 15) is 4.79 Å². The first kappa shape index (κ1) is 18.2. The van der Waals surface area contributed by atoms with Gasteiger partial charge in [0, 0.05) is 13.1 Å². The Labute approximate surface area is 163 Å². The average molecular weight is 381 g/mol. The van der Waals surface area contributed by atoms with Gasteiger partial charge in [0.15, 0.2) is 12.2 Å². The quantitative estimate of drug-likeness (QED) is 0.678. The molecule has 1 amide bonds. The minimum Gasteiger partial charge on any atom is -0.497 e. The molecule has 1 unspecified atom stereocenters. The van der Waals surface area contributed by atoms with Crippen LogP contribution in [0.3, 0.4) is 0 Å². The van der Waals surface area contributed by atoms with Gasteiger partial charge in [0.25, 0.3) is 11.9 Å². The summed E-state index contributed by atoms with van der Waals surface area (Å²) in [4.78, 5) is 18.9. The molecule has 1 saturated heterocycles. The van der Waals surface area contributed by atoms with Gasteiger partial charge >= 0.3 is 0 Å². The number of anilines is 1. The number of hydrogen-bond donors (Lipinski definition) is 1. The van der Waals surface area contributed by atoms with E-state index in [0.29, 0.717) is 18.3 Å². The third-order valence-electron chi connectivity index (χ3n) is 4.87. The number of carbonyl (C=O) groups is 1. The number of fused-ring (bicyclic) bond motifs is 1. The summed E-state index contributed by atoms with van der Waals surface area (Å²) in [5.74, 6) is 1.22. The van der Waals surface area contributed by atoms with Crippen LogP contribution in [-0.4, -0.2) is 43.7 Å². The van der Waals surface area contributed by atoms with Crippen LogP contribution >= 0.6 is 0 Å². The molecule has 0 spiro atoms. The van der Waals surface area contributed by atoms with Gasteiger partial charge in [0.2, 0.25) is 0 Å². The number of hydrogen-bond acceptors (Lipinski definition) is 6. The predicted octanol–water partition coefficient (Wildman–Crippen LogP) is 3.00. The molecule has 0 radical (unpaired) electrons. The summed E-state index contributed by atoms with van der Waals surface area (Å²) in [5.41, 5.74) is 1.63. The van der Waals surface area contributed by atoms with Gasteiger partial charge in [0.05, 0.1) is 13.2 Å². The van der Waals surface area contributed by atoms with Gasteiger partial charge in [-0.1, -0.05) is 12.1 Å². The van der Waals surface area contributed by atoms with E-state index < -0.39 is 0 Å². The first-order valence-electron chi connectivity index (χ1n) is 9.39. The van der Waals surface area contributed by atoms with Crippen molar-refractivity contribution in [3.63, 3.8) is 0 Å². The molecule has 0 aliphatic carbocycles. The Morgan fingerprint density at radius 1 is 1.21 bits per heavy atom. The maximum atomic E-state index is 12.2. The first-order valence-corrected chi connectivity index (χ1v) is 9.39. The van der Waals surface area contributed by atoms with Crippen molar-refractivity contribution in [1.82, 2.24) is 10.3 Å². The van der Waals surface area contributed by atoms with E-state index in [1.807, 2.05) is 24.3 Å². The lowest BCUT2D eigenvalue weighted by molar-refractivity contribution is -0.123. The van der Waals surface area contributed by atoms with E-state index >= 15 is 0 Å². The van der Waals surface area contributed by atoms with Crippen molar-refractivity contribution in [2.45, 2.75) is 18.9 Å². The Morgan fingerprint density at radius 3 is 2.79 bits per heavy atom. The zero-order chi connectivity index (χ0) is 19.3. The number of carbonyl (C=O) groups excluding carboxylic acids is 1. The van der Waals surface area contributed by atoms with Crippen molar-refractivity contribution in [2.24, 2.45) is 0 Å². The molecule has 0 bridgehead atoms. The molecule has 28 heavy (non-hydrogen) atoms. The number of nitrogens with zero attached hydrogens (tertiary/aromatic N) is 2. The SMILES string of the molecule is COc1ccc(OCC(=O)NCC2CCCN2c2nc3ccccc3o2)cc1. The largest absolute Gasteiger partial charge is 0.497 e. The number of benzene rings is 2. The molecule has 1 atom stereocenters. The van der Waals surface area contributed by atoms with E-state index in [2.05, 4.69) is 15.2 Å². The number of rotatable bonds is 7. The summed E-state index contributed by atoms with van der Waals surface area (Å²) in [6.07, 6.45) is 2.03. The topological polar surface area (TPSA) is 76.8 Å². The molecule has 2 heterocycles. The maximum absolute atomic E-state index is 12.2. The van der Waals surface area contributed by atoms with Crippen LogP contribution in [0.2, 0.25) is 0 Å². The van der Waals surface area contributed by atoms with Gasteiger partial charge in [-0.25, -0.2) is 0 Å². The number of oxazole rings is 1. The molecule has 1 aliphatic rings. The van der Waals surface area contributed by atoms with Crippen molar-refractivity contribution in [3.8, 4) is 11.5 Å². The fraction of sp³-hybridized carbons (Fsp3) is 0.333. The highest BCUT2D eigenvalue weighted by molar-refractivity contribution is 5.77. The zero-order valence-electron chi connectivity index (χ0n) is 15.8. The van der Waals surface area contributed by atoms with Crippen LogP contribution in [0.15, 0.2) is 52.9 Å². The molecule has 2 aromatic carbocycles. The lowest BCUT2D eigenvalue weighted by atomic mass is 10.2. The van der Waals surface area contributed by atoms with Gasteiger partial charge < -0.3 is 24.1 Å². The molecule has 146 valence electrons. The second-order valence-electron chi connectivity index (χ2n) is 6.72. The van der Waals surface area contributed by atoms with Gasteiger partial charge in [-0.15, -0.1) is 0 Å². The molecule has 1 N–H and O–H groups in total. The van der Waals surface area contributed by atoms with E-state index in [1.165, 1.54) is 0 Å². The van der Waals surface area contributed by atoms with Crippen LogP contribution in [0.25, 0.3) is 11.1 Å². The van der Waals surface area contributed by atoms with Crippen LogP contribution < -0.4 is 19.7 Å². The van der Waals surface area contributed by atoms with Crippen molar-refractivity contribution in [3.05, 3.63) is 48.5 Å². The Kier molecular flexibility index (Phi) is 5.32. The minimum absolute atomic E-state index is 0.0259. The summed E-state index contributed by atoms with van der Waals surface area (Å²) < 4.78 is 16.5. The zero-order valence-corrected chi connectivity index (χ0v) is 15.8. The normalized spacial score (nSPS) is 16.3. The van der Waals surface area contributed by atoms with Gasteiger partial charge in [-0.3, -0.25) is 4.79 Å². The predicted molar refractivity (Wildman–Crippen MR) is 106 cm³/mol. The van der Waals surface area contributed by atoms with E-state index in [-0.39, 0.29) is 18.6 Å². The van der Waals surface area contributed by atoms with Crippen molar-refractivity contribution in [1.29, 1.82) is 0 Å². The third-order valence-corrected chi connectivity index (χ3v) is 4.87. The summed E-state index contributed by atoms with van der Waals surface area (Å²) in [7, 11) is 1.61. The van der Waals surface area contributed by atoms with Crippen LogP contribution in [0.4, 0.5) is 6.01 Å². The standard InChI is InChI=1S/C21H23N3O4/c1-26-16-8-10-17(11-9-16)27-14-20(25)22-13-15-5-4-12-24(15)21-23-18-6-2-3-7-19(18)28-21/h2-3,6-11,15H,4-5,12-14H2,1H3,(H,22,25). The smallest absolute Gasteiger partial charge is 0.298 e. The maximum Gasteiger partial charge on any atom is 0.298 e. The van der Waals surface area contributed by atoms with Gasteiger partial charge in [-0.05, 0) is 49.2 Å². The molecular formula is C21H23N3O4. The van der Waals surface area contributed by atoms with Crippen molar-refractivity contribution in [2.75, 3.05) is 31.7 Å².